The van der Waals surface area contributed by atoms with Gasteiger partial charge in [-0.15, -0.1) is 11.3 Å². The number of methoxy groups -OCH3 is 2. The average molecular weight is 404 g/mol. The SMILES string of the molecule is COc1ccc(C2CCCN2C(=O)NCc2nc(C(C)(C)C)cs2)c(OC)c1. The van der Waals surface area contributed by atoms with E-state index in [0.29, 0.717) is 6.54 Å². The van der Waals surface area contributed by atoms with Crippen molar-refractivity contribution in [3.05, 3.63) is 39.8 Å². The molecule has 6 nitrogen and oxygen atoms in total. The summed E-state index contributed by atoms with van der Waals surface area (Å²) in [6, 6.07) is 5.71. The zero-order valence-corrected chi connectivity index (χ0v) is 18.1. The highest BCUT2D eigenvalue weighted by molar-refractivity contribution is 7.09. The van der Waals surface area contributed by atoms with Gasteiger partial charge >= 0.3 is 6.03 Å². The molecule has 1 aliphatic rings. The molecule has 0 saturated carbocycles. The van der Waals surface area contributed by atoms with Crippen LogP contribution < -0.4 is 14.8 Å². The Bertz CT molecular complexity index is 829. The van der Waals surface area contributed by atoms with E-state index in [0.717, 1.165) is 47.2 Å². The number of hydrogen-bond donors (Lipinski definition) is 1. The molecule has 1 aromatic heterocycles. The molecule has 3 rings (SSSR count). The number of nitrogens with zero attached hydrogens (tertiary/aromatic N) is 2. The van der Waals surface area contributed by atoms with Crippen molar-refractivity contribution in [2.75, 3.05) is 20.8 Å². The summed E-state index contributed by atoms with van der Waals surface area (Å²) in [4.78, 5) is 19.4. The number of likely N-dealkylation sites (tertiary alicyclic amines) is 1. The molecule has 152 valence electrons. The topological polar surface area (TPSA) is 63.7 Å². The summed E-state index contributed by atoms with van der Waals surface area (Å²) in [7, 11) is 3.28. The van der Waals surface area contributed by atoms with E-state index in [4.69, 9.17) is 9.47 Å². The van der Waals surface area contributed by atoms with Crippen LogP contribution in [0.3, 0.4) is 0 Å². The average Bonchev–Trinajstić information content (AvgIpc) is 3.34. The lowest BCUT2D eigenvalue weighted by Crippen LogP contribution is -2.39. The predicted octanol–water partition coefficient (Wildman–Crippen LogP) is 4.50. The highest BCUT2D eigenvalue weighted by Crippen LogP contribution is 2.38. The fraction of sp³-hybridized carbons (Fsp3) is 0.524. The van der Waals surface area contributed by atoms with Crippen molar-refractivity contribution >= 4 is 17.4 Å². The zero-order valence-electron chi connectivity index (χ0n) is 17.2. The monoisotopic (exact) mass is 403 g/mol. The molecule has 0 aliphatic carbocycles. The minimum absolute atomic E-state index is 0.00212. The van der Waals surface area contributed by atoms with Crippen LogP contribution >= 0.6 is 11.3 Å². The third-order valence-electron chi connectivity index (χ3n) is 5.02. The number of rotatable bonds is 5. The third kappa shape index (κ3) is 4.41. The lowest BCUT2D eigenvalue weighted by molar-refractivity contribution is 0.191. The maximum atomic E-state index is 12.9. The molecular formula is C21H29N3O3S. The Morgan fingerprint density at radius 3 is 2.75 bits per heavy atom. The Balaban J connectivity index is 1.69. The van der Waals surface area contributed by atoms with E-state index in [1.54, 1.807) is 25.6 Å². The standard InChI is InChI=1S/C21H29N3O3S/c1-21(2,3)18-13-28-19(23-18)12-22-20(25)24-10-6-7-16(24)15-9-8-14(26-4)11-17(15)27-5/h8-9,11,13,16H,6-7,10,12H2,1-5H3,(H,22,25). The predicted molar refractivity (Wildman–Crippen MR) is 111 cm³/mol. The van der Waals surface area contributed by atoms with Crippen LogP contribution in [0.5, 0.6) is 11.5 Å². The van der Waals surface area contributed by atoms with Crippen LogP contribution in [0.1, 0.15) is 55.9 Å². The van der Waals surface area contributed by atoms with Gasteiger partial charge < -0.3 is 19.7 Å². The Morgan fingerprint density at radius 2 is 2.11 bits per heavy atom. The van der Waals surface area contributed by atoms with Crippen LogP contribution in [0.2, 0.25) is 0 Å². The molecule has 1 N–H and O–H groups in total. The zero-order chi connectivity index (χ0) is 20.3. The smallest absolute Gasteiger partial charge is 0.318 e. The number of carbonyl (C=O) groups excluding carboxylic acids is 1. The van der Waals surface area contributed by atoms with Gasteiger partial charge in [-0.2, -0.15) is 0 Å². The second kappa shape index (κ2) is 8.39. The van der Waals surface area contributed by atoms with E-state index in [-0.39, 0.29) is 17.5 Å². The van der Waals surface area contributed by atoms with Crippen LogP contribution in [0.15, 0.2) is 23.6 Å². The van der Waals surface area contributed by atoms with Crippen molar-refractivity contribution in [3.63, 3.8) is 0 Å². The Hall–Kier alpha value is -2.28. The molecular weight excluding hydrogens is 374 g/mol. The van der Waals surface area contributed by atoms with Crippen LogP contribution in [0, 0.1) is 0 Å². The number of benzene rings is 1. The van der Waals surface area contributed by atoms with Crippen LogP contribution in [-0.4, -0.2) is 36.7 Å². The molecule has 2 heterocycles. The summed E-state index contributed by atoms with van der Waals surface area (Å²) in [5.74, 6) is 1.49. The van der Waals surface area contributed by atoms with E-state index in [1.807, 2.05) is 23.1 Å². The summed E-state index contributed by atoms with van der Waals surface area (Å²) in [6.45, 7) is 7.60. The summed E-state index contributed by atoms with van der Waals surface area (Å²) in [6.07, 6.45) is 1.89. The fourth-order valence-electron chi connectivity index (χ4n) is 3.42. The summed E-state index contributed by atoms with van der Waals surface area (Å²) in [5, 5.41) is 6.03. The van der Waals surface area contributed by atoms with Gasteiger partial charge in [-0.05, 0) is 25.0 Å². The van der Waals surface area contributed by atoms with Crippen molar-refractivity contribution in [2.24, 2.45) is 0 Å². The largest absolute Gasteiger partial charge is 0.497 e. The van der Waals surface area contributed by atoms with Crippen LogP contribution in [0.25, 0.3) is 0 Å². The van der Waals surface area contributed by atoms with E-state index < -0.39 is 0 Å². The molecule has 28 heavy (non-hydrogen) atoms. The Labute approximate surface area is 170 Å². The van der Waals surface area contributed by atoms with Crippen molar-refractivity contribution in [2.45, 2.75) is 51.6 Å². The minimum atomic E-state index is -0.0621. The first-order valence-electron chi connectivity index (χ1n) is 9.54. The summed E-state index contributed by atoms with van der Waals surface area (Å²) >= 11 is 1.59. The summed E-state index contributed by atoms with van der Waals surface area (Å²) in [5.41, 5.74) is 2.09. The normalized spacial score (nSPS) is 16.9. The highest BCUT2D eigenvalue weighted by Gasteiger charge is 2.32. The van der Waals surface area contributed by atoms with Crippen LogP contribution in [-0.2, 0) is 12.0 Å². The van der Waals surface area contributed by atoms with Gasteiger partial charge in [0.05, 0.1) is 32.5 Å². The molecule has 1 atom stereocenters. The molecule has 0 spiro atoms. The molecule has 0 bridgehead atoms. The number of aromatic nitrogens is 1. The van der Waals surface area contributed by atoms with Crippen molar-refractivity contribution in [3.8, 4) is 11.5 Å². The Kier molecular flexibility index (Phi) is 6.13. The van der Waals surface area contributed by atoms with Gasteiger partial charge in [-0.1, -0.05) is 20.8 Å². The maximum absolute atomic E-state index is 12.9. The molecule has 1 saturated heterocycles. The van der Waals surface area contributed by atoms with Crippen molar-refractivity contribution in [1.82, 2.24) is 15.2 Å². The highest BCUT2D eigenvalue weighted by atomic mass is 32.1. The fourth-order valence-corrected chi connectivity index (χ4v) is 4.38. The lowest BCUT2D eigenvalue weighted by Gasteiger charge is -2.26. The molecule has 1 unspecified atom stereocenters. The molecule has 2 amide bonds. The third-order valence-corrected chi connectivity index (χ3v) is 5.87. The second-order valence-corrected chi connectivity index (χ2v) is 8.94. The van der Waals surface area contributed by atoms with Gasteiger partial charge in [-0.25, -0.2) is 9.78 Å². The number of thiazole rings is 1. The maximum Gasteiger partial charge on any atom is 0.318 e. The first-order chi connectivity index (χ1) is 13.3. The quantitative estimate of drug-likeness (QED) is 0.798. The molecule has 1 fully saturated rings. The van der Waals surface area contributed by atoms with E-state index in [2.05, 4.69) is 36.5 Å². The molecule has 1 aromatic carbocycles. The number of nitrogens with one attached hydrogen (secondary N) is 1. The van der Waals surface area contributed by atoms with Gasteiger partial charge in [0.15, 0.2) is 0 Å². The number of hydrogen-bond acceptors (Lipinski definition) is 5. The first-order valence-corrected chi connectivity index (χ1v) is 10.4. The van der Waals surface area contributed by atoms with Crippen molar-refractivity contribution in [1.29, 1.82) is 0 Å². The van der Waals surface area contributed by atoms with Gasteiger partial charge in [0.1, 0.15) is 16.5 Å². The van der Waals surface area contributed by atoms with Crippen molar-refractivity contribution < 1.29 is 14.3 Å². The molecule has 2 aromatic rings. The van der Waals surface area contributed by atoms with Gasteiger partial charge in [0, 0.05) is 29.0 Å². The number of carbonyl (C=O) groups is 1. The second-order valence-electron chi connectivity index (χ2n) is 7.99. The van der Waals surface area contributed by atoms with Crippen LogP contribution in [0.4, 0.5) is 4.79 Å². The van der Waals surface area contributed by atoms with E-state index in [9.17, 15) is 4.79 Å². The minimum Gasteiger partial charge on any atom is -0.497 e. The van der Waals surface area contributed by atoms with Gasteiger partial charge in [0.2, 0.25) is 0 Å². The Morgan fingerprint density at radius 1 is 1.32 bits per heavy atom. The van der Waals surface area contributed by atoms with Gasteiger partial charge in [-0.3, -0.25) is 0 Å². The molecule has 7 heteroatoms. The number of ether oxygens (including phenoxy) is 2. The molecule has 0 radical (unpaired) electrons. The lowest BCUT2D eigenvalue weighted by atomic mass is 9.93. The first kappa shape index (κ1) is 20.5. The van der Waals surface area contributed by atoms with E-state index >= 15 is 0 Å². The molecule has 1 aliphatic heterocycles. The van der Waals surface area contributed by atoms with E-state index in [1.165, 1.54) is 0 Å². The number of urea groups is 1. The number of amides is 2. The van der Waals surface area contributed by atoms with Gasteiger partial charge in [0.25, 0.3) is 0 Å². The summed E-state index contributed by atoms with van der Waals surface area (Å²) < 4.78 is 10.8.